The first-order chi connectivity index (χ1) is 33.5. The van der Waals surface area contributed by atoms with Crippen molar-refractivity contribution in [3.63, 3.8) is 0 Å². The Bertz CT molecular complexity index is 2720. The number of aromatic nitrogens is 2. The minimum atomic E-state index is -2.05. The van der Waals surface area contributed by atoms with Crippen LogP contribution in [0.3, 0.4) is 0 Å². The van der Waals surface area contributed by atoms with Gasteiger partial charge < -0.3 is 46.3 Å². The summed E-state index contributed by atoms with van der Waals surface area (Å²) in [5, 5.41) is 28.4. The van der Waals surface area contributed by atoms with Gasteiger partial charge >= 0.3 is 5.97 Å². The van der Waals surface area contributed by atoms with E-state index in [1.165, 1.54) is 17.6 Å². The maximum Gasteiger partial charge on any atom is 0.343 e. The average molecular weight is 986 g/mol. The summed E-state index contributed by atoms with van der Waals surface area (Å²) in [6.07, 6.45) is 2.84. The fraction of sp³-hybridized carbons (Fsp3) is 0.588. The van der Waals surface area contributed by atoms with Gasteiger partial charge in [0, 0.05) is 28.6 Å². The lowest BCUT2D eigenvalue weighted by molar-refractivity contribution is -0.172. The molecule has 0 radical (unpaired) electrons. The molecule has 3 aliphatic heterocycles. The van der Waals surface area contributed by atoms with Crippen LogP contribution in [0.15, 0.2) is 16.9 Å². The second-order valence-electron chi connectivity index (χ2n) is 20.6. The Balaban J connectivity index is 0.984. The quantitative estimate of drug-likeness (QED) is 0.0710. The number of cyclic esters (lactones) is 1. The van der Waals surface area contributed by atoms with Crippen LogP contribution in [0.4, 0.5) is 4.39 Å². The van der Waals surface area contributed by atoms with Crippen LogP contribution in [0.1, 0.15) is 133 Å². The predicted molar refractivity (Wildman–Crippen MR) is 260 cm³/mol. The van der Waals surface area contributed by atoms with Crippen molar-refractivity contribution < 1.29 is 47.8 Å². The maximum atomic E-state index is 15.4. The van der Waals surface area contributed by atoms with Crippen molar-refractivity contribution in [3.8, 4) is 11.4 Å². The molecular weight excluding hydrogens is 918 g/mol. The Kier molecular flexibility index (Phi) is 15.7. The topological polar surface area (TPSA) is 259 Å². The van der Waals surface area contributed by atoms with Crippen LogP contribution in [-0.2, 0) is 63.5 Å². The maximum absolute atomic E-state index is 15.4. The van der Waals surface area contributed by atoms with Crippen LogP contribution in [-0.4, -0.2) is 111 Å². The summed E-state index contributed by atoms with van der Waals surface area (Å²) in [7, 11) is 0. The molecule has 71 heavy (non-hydrogen) atoms. The monoisotopic (exact) mass is 986 g/mol. The molecule has 2 aromatic heterocycles. The zero-order valence-corrected chi connectivity index (χ0v) is 42.1. The molecule has 1 aliphatic carbocycles. The number of rotatable bonds is 18. The lowest BCUT2D eigenvalue weighted by Gasteiger charge is -2.31. The van der Waals surface area contributed by atoms with Gasteiger partial charge in [-0.3, -0.25) is 38.5 Å². The Hall–Kier alpha value is -6.28. The Morgan fingerprint density at radius 1 is 0.859 bits per heavy atom. The van der Waals surface area contributed by atoms with E-state index in [2.05, 4.69) is 36.8 Å². The van der Waals surface area contributed by atoms with Gasteiger partial charge in [-0.15, -0.1) is 0 Å². The highest BCUT2D eigenvalue weighted by Crippen LogP contribution is 2.46. The molecule has 1 saturated heterocycles. The van der Waals surface area contributed by atoms with Crippen molar-refractivity contribution in [2.75, 3.05) is 19.6 Å². The number of amides is 6. The zero-order valence-electron chi connectivity index (χ0n) is 42.1. The number of esters is 1. The molecule has 7 N–H and O–H groups in total. The summed E-state index contributed by atoms with van der Waals surface area (Å²) in [6, 6.07) is -1.01. The van der Waals surface area contributed by atoms with E-state index in [1.807, 2.05) is 41.5 Å². The van der Waals surface area contributed by atoms with Gasteiger partial charge in [-0.25, -0.2) is 14.2 Å². The number of carbonyl (C=O) groups is 7. The Morgan fingerprint density at radius 3 is 2.18 bits per heavy atom. The smallest absolute Gasteiger partial charge is 0.343 e. The molecule has 0 unspecified atom stereocenters. The predicted octanol–water partition coefficient (Wildman–Crippen LogP) is 2.30. The van der Waals surface area contributed by atoms with Gasteiger partial charge in [0.15, 0.2) is 5.60 Å². The molecule has 6 amide bonds. The number of hydrogen-bond acceptors (Lipinski definition) is 12. The molecule has 7 rings (SSSR count). The van der Waals surface area contributed by atoms with Crippen LogP contribution < -0.4 is 37.5 Å². The Morgan fingerprint density at radius 2 is 1.52 bits per heavy atom. The number of nitrogens with zero attached hydrogens (tertiary/aromatic N) is 3. The molecule has 1 aromatic carbocycles. The number of aryl methyl sites for hydroxylation is 1. The third-order valence-corrected chi connectivity index (χ3v) is 14.3. The number of likely N-dealkylation sites (tertiary alicyclic amines) is 1. The second-order valence-corrected chi connectivity index (χ2v) is 20.6. The van der Waals surface area contributed by atoms with Gasteiger partial charge in [0.2, 0.25) is 35.4 Å². The van der Waals surface area contributed by atoms with Crippen LogP contribution in [0.2, 0.25) is 0 Å². The number of aliphatic hydroxyl groups is 1. The molecule has 0 saturated carbocycles. The number of benzene rings is 1. The number of halogens is 1. The number of nitrogens with one attached hydrogen (secondary N) is 6. The number of carbonyl (C=O) groups excluding carboxylic acids is 7. The second kappa shape index (κ2) is 21.2. The minimum Gasteiger partial charge on any atom is -0.458 e. The fourth-order valence-electron chi connectivity index (χ4n) is 10.5. The Labute approximate surface area is 412 Å². The normalized spacial score (nSPS) is 20.4. The molecule has 1 fully saturated rings. The molecule has 20 heteroatoms. The summed E-state index contributed by atoms with van der Waals surface area (Å²) in [5.41, 5.74) is 1.16. The van der Waals surface area contributed by atoms with Crippen LogP contribution >= 0.6 is 0 Å². The molecule has 5 heterocycles. The van der Waals surface area contributed by atoms with Gasteiger partial charge in [0.1, 0.15) is 30.5 Å². The molecule has 0 bridgehead atoms. The average Bonchev–Trinajstić information content (AvgIpc) is 3.96. The van der Waals surface area contributed by atoms with Crippen LogP contribution in [0.5, 0.6) is 0 Å². The van der Waals surface area contributed by atoms with Gasteiger partial charge in [-0.2, -0.15) is 0 Å². The van der Waals surface area contributed by atoms with E-state index in [9.17, 15) is 43.5 Å². The summed E-state index contributed by atoms with van der Waals surface area (Å²) < 4.78 is 22.1. The van der Waals surface area contributed by atoms with E-state index in [-0.39, 0.29) is 66.9 Å². The van der Waals surface area contributed by atoms with Crippen molar-refractivity contribution >= 4 is 52.3 Å². The van der Waals surface area contributed by atoms with E-state index in [1.54, 1.807) is 19.9 Å². The molecule has 4 aliphatic rings. The van der Waals surface area contributed by atoms with Gasteiger partial charge in [-0.1, -0.05) is 34.6 Å². The van der Waals surface area contributed by atoms with Crippen molar-refractivity contribution in [1.29, 1.82) is 0 Å². The number of pyridine rings is 2. The highest BCUT2D eigenvalue weighted by molar-refractivity contribution is 5.97. The minimum absolute atomic E-state index is 0.0458. The SMILES string of the molecule is CC[C@@]1(O)C(=O)OCc2c1cc1n(c2=O)Cc2c-1nc1cc(F)c(C)c3c1c2[C@@H](NC(=O)CNC(=O)[C@H](C)NC(=O)[C@H](CC(C)C)NC(=O)CNC(=O)[C@H](CC(C)C)NC(=O)[C@@H]1CCCN1C(C)C)CC3. The van der Waals surface area contributed by atoms with Crippen molar-refractivity contribution in [2.24, 2.45) is 11.8 Å². The zero-order chi connectivity index (χ0) is 51.8. The number of hydrogen-bond donors (Lipinski definition) is 7. The fourth-order valence-corrected chi connectivity index (χ4v) is 10.5. The number of ether oxygens (including phenoxy) is 1. The first-order valence-corrected chi connectivity index (χ1v) is 24.9. The third kappa shape index (κ3) is 10.7. The van der Waals surface area contributed by atoms with Gasteiger partial charge in [-0.05, 0) is 114 Å². The largest absolute Gasteiger partial charge is 0.458 e. The lowest BCUT2D eigenvalue weighted by Crippen LogP contribution is -2.56. The third-order valence-electron chi connectivity index (χ3n) is 14.3. The molecule has 3 aromatic rings. The van der Waals surface area contributed by atoms with Gasteiger partial charge in [0.05, 0.1) is 54.2 Å². The number of fused-ring (bicyclic) bond motifs is 5. The summed E-state index contributed by atoms with van der Waals surface area (Å²) in [5.74, 6) is -4.60. The van der Waals surface area contributed by atoms with E-state index in [0.717, 1.165) is 18.5 Å². The van der Waals surface area contributed by atoms with E-state index in [0.29, 0.717) is 64.7 Å². The van der Waals surface area contributed by atoms with E-state index >= 15 is 4.39 Å². The first-order valence-electron chi connectivity index (χ1n) is 24.9. The molecule has 6 atom stereocenters. The highest BCUT2D eigenvalue weighted by Gasteiger charge is 2.46. The van der Waals surface area contributed by atoms with E-state index in [4.69, 9.17) is 9.72 Å². The molecule has 384 valence electrons. The summed E-state index contributed by atoms with van der Waals surface area (Å²) in [6.45, 7) is 16.0. The first kappa shape index (κ1) is 52.5. The lowest BCUT2D eigenvalue weighted by atomic mass is 9.81. The van der Waals surface area contributed by atoms with Crippen molar-refractivity contribution in [1.82, 2.24) is 46.4 Å². The van der Waals surface area contributed by atoms with Crippen LogP contribution in [0.25, 0.3) is 22.3 Å². The summed E-state index contributed by atoms with van der Waals surface area (Å²) in [4.78, 5) is 114. The molecule has 0 spiro atoms. The highest BCUT2D eigenvalue weighted by atomic mass is 19.1. The van der Waals surface area contributed by atoms with Crippen LogP contribution in [0, 0.1) is 24.6 Å². The molecule has 19 nitrogen and oxygen atoms in total. The van der Waals surface area contributed by atoms with E-state index < -0.39 is 89.7 Å². The summed E-state index contributed by atoms with van der Waals surface area (Å²) >= 11 is 0. The van der Waals surface area contributed by atoms with Crippen molar-refractivity contribution in [3.05, 3.63) is 61.7 Å². The van der Waals surface area contributed by atoms with Crippen molar-refractivity contribution in [2.45, 2.75) is 162 Å². The molecular formula is C51H68FN9O10. The van der Waals surface area contributed by atoms with Gasteiger partial charge in [0.25, 0.3) is 5.56 Å². The standard InChI is InChI=1S/C51H68FN9O10/c1-10-51(70)32-18-39-44-30(22-61(39)49(68)31(32)23-71-50(51)69)43-34(14-13-29-27(8)33(52)19-35(58-44)42(29)43)56-40(62)20-53-45(64)28(9)55-47(66)37(17-25(4)5)57-41(63)21-54-46(65)36(16-24(2)3)59-48(67)38-12-11-15-60(38)26(6)7/h18-19,24-26,28,34,36-38,70H,10-17,20-23H2,1-9H3,(H,53,64)(H,54,65)(H,55,66)(H,56,62)(H,57,63)(H,59,67)/t28-,34-,36-,37-,38-,51-/m0/s1.